The van der Waals surface area contributed by atoms with Crippen LogP contribution in [0.1, 0.15) is 97.8 Å². The second-order valence-corrected chi connectivity index (χ2v) is 7.36. The van der Waals surface area contributed by atoms with E-state index in [-0.39, 0.29) is 0 Å². The third-order valence-electron chi connectivity index (χ3n) is 4.56. The van der Waals surface area contributed by atoms with E-state index in [1.165, 1.54) is 25.7 Å². The molecule has 0 aromatic carbocycles. The van der Waals surface area contributed by atoms with Gasteiger partial charge in [0.15, 0.2) is 0 Å². The summed E-state index contributed by atoms with van der Waals surface area (Å²) in [6, 6.07) is 0. The minimum Gasteiger partial charge on any atom is -0.343 e. The van der Waals surface area contributed by atoms with Gasteiger partial charge in [0, 0.05) is 19.5 Å². The molecule has 0 spiro atoms. The van der Waals surface area contributed by atoms with E-state index >= 15 is 0 Å². The highest BCUT2D eigenvalue weighted by Gasteiger charge is 2.10. The fourth-order valence-corrected chi connectivity index (χ4v) is 2.99. The van der Waals surface area contributed by atoms with Crippen molar-refractivity contribution in [2.24, 2.45) is 0 Å². The normalized spacial score (nSPS) is 12.2. The Morgan fingerprint density at radius 3 is 1.54 bits per heavy atom. The molecule has 0 aliphatic heterocycles. The highest BCUT2D eigenvalue weighted by atomic mass is 16.2. The molecule has 0 bridgehead atoms. The summed E-state index contributed by atoms with van der Waals surface area (Å²) in [5.74, 6) is 0.319. The molecular formula is C26H45NO. The predicted octanol–water partition coefficient (Wildman–Crippen LogP) is 7.78. The molecule has 0 aliphatic rings. The first kappa shape index (κ1) is 26.4. The fourth-order valence-electron chi connectivity index (χ4n) is 2.99. The Hall–Kier alpha value is -1.57. The molecule has 160 valence electrons. The molecule has 2 heteroatoms. The SMILES string of the molecule is CCCCC/C=C\C/C=C\C/C=C\C/C=C\CCCC(=O)N(CCC)CCC. The summed E-state index contributed by atoms with van der Waals surface area (Å²) < 4.78 is 0. The van der Waals surface area contributed by atoms with Crippen molar-refractivity contribution in [3.05, 3.63) is 48.6 Å². The van der Waals surface area contributed by atoms with Gasteiger partial charge in [-0.05, 0) is 57.8 Å². The minimum atomic E-state index is 0.319. The Labute approximate surface area is 175 Å². The van der Waals surface area contributed by atoms with Crippen LogP contribution in [-0.2, 0) is 4.79 Å². The number of hydrogen-bond acceptors (Lipinski definition) is 1. The molecule has 1 amide bonds. The van der Waals surface area contributed by atoms with Gasteiger partial charge in [-0.2, -0.15) is 0 Å². The number of allylic oxidation sites excluding steroid dienone is 8. The van der Waals surface area contributed by atoms with Crippen LogP contribution in [0, 0.1) is 0 Å². The Bertz CT molecular complexity index is 453. The summed E-state index contributed by atoms with van der Waals surface area (Å²) in [7, 11) is 0. The molecule has 0 fully saturated rings. The zero-order valence-electron chi connectivity index (χ0n) is 18.9. The number of rotatable bonds is 18. The number of carbonyl (C=O) groups excluding carboxylic acids is 1. The lowest BCUT2D eigenvalue weighted by Gasteiger charge is -2.21. The maximum atomic E-state index is 12.2. The fraction of sp³-hybridized carbons (Fsp3) is 0.654. The molecule has 0 aliphatic carbocycles. The van der Waals surface area contributed by atoms with E-state index in [1.807, 2.05) is 4.90 Å². The van der Waals surface area contributed by atoms with Crippen molar-refractivity contribution in [3.63, 3.8) is 0 Å². The zero-order chi connectivity index (χ0) is 20.7. The van der Waals surface area contributed by atoms with Crippen LogP contribution in [0.3, 0.4) is 0 Å². The van der Waals surface area contributed by atoms with E-state index < -0.39 is 0 Å². The molecule has 0 radical (unpaired) electrons. The molecule has 0 aromatic heterocycles. The van der Waals surface area contributed by atoms with Gasteiger partial charge >= 0.3 is 0 Å². The van der Waals surface area contributed by atoms with E-state index in [0.29, 0.717) is 12.3 Å². The molecule has 0 N–H and O–H groups in total. The summed E-state index contributed by atoms with van der Waals surface area (Å²) in [5.41, 5.74) is 0. The zero-order valence-corrected chi connectivity index (χ0v) is 18.9. The van der Waals surface area contributed by atoms with Gasteiger partial charge in [0.1, 0.15) is 0 Å². The lowest BCUT2D eigenvalue weighted by atomic mass is 10.2. The van der Waals surface area contributed by atoms with Gasteiger partial charge in [-0.3, -0.25) is 4.79 Å². The van der Waals surface area contributed by atoms with Crippen LogP contribution in [-0.4, -0.2) is 23.9 Å². The molecule has 0 saturated heterocycles. The Morgan fingerprint density at radius 2 is 1.07 bits per heavy atom. The van der Waals surface area contributed by atoms with Gasteiger partial charge in [-0.1, -0.05) is 82.2 Å². The molecule has 0 unspecified atom stereocenters. The highest BCUT2D eigenvalue weighted by molar-refractivity contribution is 5.76. The Morgan fingerprint density at radius 1 is 0.607 bits per heavy atom. The first-order valence-electron chi connectivity index (χ1n) is 11.6. The third-order valence-corrected chi connectivity index (χ3v) is 4.56. The maximum Gasteiger partial charge on any atom is 0.222 e. The molecular weight excluding hydrogens is 342 g/mol. The van der Waals surface area contributed by atoms with Crippen molar-refractivity contribution >= 4 is 5.91 Å². The number of unbranched alkanes of at least 4 members (excludes halogenated alkanes) is 4. The van der Waals surface area contributed by atoms with Crippen molar-refractivity contribution in [1.29, 1.82) is 0 Å². The van der Waals surface area contributed by atoms with E-state index in [1.54, 1.807) is 0 Å². The standard InChI is InChI=1S/C26H45NO/c1-4-7-8-9-10-11-12-13-14-15-16-17-18-19-20-21-22-23-26(28)27(24-5-2)25-6-3/h10-11,13-14,16-17,19-20H,4-9,12,15,18,21-25H2,1-3H3/b11-10-,14-13-,17-16-,20-19-. The highest BCUT2D eigenvalue weighted by Crippen LogP contribution is 2.05. The van der Waals surface area contributed by atoms with E-state index in [0.717, 1.165) is 58.0 Å². The number of carbonyl (C=O) groups is 1. The topological polar surface area (TPSA) is 20.3 Å². The van der Waals surface area contributed by atoms with Crippen LogP contribution < -0.4 is 0 Å². The third kappa shape index (κ3) is 17.8. The van der Waals surface area contributed by atoms with Crippen molar-refractivity contribution in [1.82, 2.24) is 4.90 Å². The molecule has 0 rings (SSSR count). The van der Waals surface area contributed by atoms with E-state index in [9.17, 15) is 4.79 Å². The van der Waals surface area contributed by atoms with Gasteiger partial charge in [0.25, 0.3) is 0 Å². The first-order valence-corrected chi connectivity index (χ1v) is 11.6. The lowest BCUT2D eigenvalue weighted by molar-refractivity contribution is -0.131. The van der Waals surface area contributed by atoms with Gasteiger partial charge in [-0.25, -0.2) is 0 Å². The number of nitrogens with zero attached hydrogens (tertiary/aromatic N) is 1. The second kappa shape index (κ2) is 21.7. The van der Waals surface area contributed by atoms with E-state index in [4.69, 9.17) is 0 Å². The van der Waals surface area contributed by atoms with Gasteiger partial charge < -0.3 is 4.90 Å². The molecule has 0 saturated carbocycles. The van der Waals surface area contributed by atoms with Crippen LogP contribution in [0.15, 0.2) is 48.6 Å². The second-order valence-electron chi connectivity index (χ2n) is 7.36. The lowest BCUT2D eigenvalue weighted by Crippen LogP contribution is -2.32. The molecule has 28 heavy (non-hydrogen) atoms. The average Bonchev–Trinajstić information content (AvgIpc) is 2.70. The summed E-state index contributed by atoms with van der Waals surface area (Å²) in [4.78, 5) is 14.2. The van der Waals surface area contributed by atoms with E-state index in [2.05, 4.69) is 69.4 Å². The minimum absolute atomic E-state index is 0.319. The molecule has 0 heterocycles. The largest absolute Gasteiger partial charge is 0.343 e. The number of hydrogen-bond donors (Lipinski definition) is 0. The van der Waals surface area contributed by atoms with Crippen LogP contribution in [0.4, 0.5) is 0 Å². The monoisotopic (exact) mass is 387 g/mol. The van der Waals surface area contributed by atoms with Crippen molar-refractivity contribution in [2.45, 2.75) is 97.8 Å². The Kier molecular flexibility index (Phi) is 20.5. The first-order chi connectivity index (χ1) is 13.8. The Balaban J connectivity index is 3.65. The predicted molar refractivity (Wildman–Crippen MR) is 126 cm³/mol. The maximum absolute atomic E-state index is 12.2. The van der Waals surface area contributed by atoms with Gasteiger partial charge in [0.2, 0.25) is 5.91 Å². The van der Waals surface area contributed by atoms with Crippen molar-refractivity contribution in [2.75, 3.05) is 13.1 Å². The van der Waals surface area contributed by atoms with Crippen molar-refractivity contribution in [3.8, 4) is 0 Å². The average molecular weight is 388 g/mol. The van der Waals surface area contributed by atoms with Crippen LogP contribution in [0.2, 0.25) is 0 Å². The molecule has 0 atom stereocenters. The molecule has 2 nitrogen and oxygen atoms in total. The summed E-state index contributed by atoms with van der Waals surface area (Å²) >= 11 is 0. The van der Waals surface area contributed by atoms with Crippen LogP contribution in [0.25, 0.3) is 0 Å². The summed E-state index contributed by atoms with van der Waals surface area (Å²) in [5, 5.41) is 0. The van der Waals surface area contributed by atoms with Crippen LogP contribution >= 0.6 is 0 Å². The van der Waals surface area contributed by atoms with Gasteiger partial charge in [0.05, 0.1) is 0 Å². The van der Waals surface area contributed by atoms with Crippen LogP contribution in [0.5, 0.6) is 0 Å². The van der Waals surface area contributed by atoms with Gasteiger partial charge in [-0.15, -0.1) is 0 Å². The summed E-state index contributed by atoms with van der Waals surface area (Å²) in [6.07, 6.45) is 30.9. The smallest absolute Gasteiger partial charge is 0.222 e. The number of amides is 1. The van der Waals surface area contributed by atoms with Crippen molar-refractivity contribution < 1.29 is 4.79 Å². The quantitative estimate of drug-likeness (QED) is 0.174. The summed E-state index contributed by atoms with van der Waals surface area (Å²) in [6.45, 7) is 8.31. The molecule has 0 aromatic rings.